The minimum Gasteiger partial charge on any atom is -0.273 e. The average molecular weight is 406 g/mol. The van der Waals surface area contributed by atoms with Crippen molar-refractivity contribution in [3.8, 4) is 11.1 Å². The summed E-state index contributed by atoms with van der Waals surface area (Å²) in [6, 6.07) is 28.6. The monoisotopic (exact) mass is 405 g/mol. The maximum atomic E-state index is 12.5. The van der Waals surface area contributed by atoms with Gasteiger partial charge in [0.05, 0.1) is 17.3 Å². The van der Waals surface area contributed by atoms with E-state index in [0.717, 1.165) is 44.6 Å². The van der Waals surface area contributed by atoms with Gasteiger partial charge in [0.1, 0.15) is 0 Å². The lowest BCUT2D eigenvalue weighted by Gasteiger charge is -2.20. The van der Waals surface area contributed by atoms with Gasteiger partial charge in [0.15, 0.2) is 0 Å². The number of aryl methyl sites for hydroxylation is 1. The largest absolute Gasteiger partial charge is 0.273 e. The molecule has 2 heterocycles. The third kappa shape index (κ3) is 3.40. The zero-order valence-electron chi connectivity index (χ0n) is 17.6. The molecular weight excluding hydrogens is 382 g/mol. The van der Waals surface area contributed by atoms with Gasteiger partial charge in [-0.2, -0.15) is 5.10 Å². The van der Waals surface area contributed by atoms with Crippen molar-refractivity contribution >= 4 is 22.5 Å². The quantitative estimate of drug-likeness (QED) is 0.425. The van der Waals surface area contributed by atoms with Crippen LogP contribution in [0.25, 0.3) is 22.0 Å². The van der Waals surface area contributed by atoms with E-state index in [0.29, 0.717) is 6.42 Å². The summed E-state index contributed by atoms with van der Waals surface area (Å²) in [6.45, 7) is 3.61. The van der Waals surface area contributed by atoms with Crippen LogP contribution in [0.1, 0.15) is 36.2 Å². The molecule has 152 valence electrons. The van der Waals surface area contributed by atoms with Gasteiger partial charge in [-0.1, -0.05) is 78.9 Å². The molecule has 1 atom stereocenters. The zero-order chi connectivity index (χ0) is 21.4. The summed E-state index contributed by atoms with van der Waals surface area (Å²) in [7, 11) is 0. The molecule has 1 amide bonds. The number of para-hydroxylation sites is 1. The topological polar surface area (TPSA) is 45.6 Å². The van der Waals surface area contributed by atoms with Crippen molar-refractivity contribution in [2.75, 3.05) is 0 Å². The Balaban J connectivity index is 1.73. The van der Waals surface area contributed by atoms with Crippen LogP contribution in [0.5, 0.6) is 0 Å². The summed E-state index contributed by atoms with van der Waals surface area (Å²) in [5, 5.41) is 7.54. The van der Waals surface area contributed by atoms with E-state index < -0.39 is 0 Å². The molecule has 0 saturated carbocycles. The van der Waals surface area contributed by atoms with Gasteiger partial charge in [-0.3, -0.25) is 9.78 Å². The molecule has 0 bridgehead atoms. The lowest BCUT2D eigenvalue weighted by atomic mass is 9.89. The van der Waals surface area contributed by atoms with Gasteiger partial charge in [-0.05, 0) is 24.1 Å². The summed E-state index contributed by atoms with van der Waals surface area (Å²) in [4.78, 5) is 17.4. The first-order valence-electron chi connectivity index (χ1n) is 10.5. The van der Waals surface area contributed by atoms with Crippen molar-refractivity contribution in [2.24, 2.45) is 5.10 Å². The molecule has 0 aliphatic carbocycles. The molecule has 3 aromatic carbocycles. The third-order valence-electron chi connectivity index (χ3n) is 5.84. The molecule has 1 aromatic heterocycles. The highest BCUT2D eigenvalue weighted by atomic mass is 16.2. The number of amides is 1. The minimum absolute atomic E-state index is 0.0588. The number of hydrogen-bond acceptors (Lipinski definition) is 3. The molecule has 1 aliphatic rings. The highest BCUT2D eigenvalue weighted by Crippen LogP contribution is 2.39. The van der Waals surface area contributed by atoms with Crippen molar-refractivity contribution in [1.82, 2.24) is 9.99 Å². The fourth-order valence-electron chi connectivity index (χ4n) is 4.48. The van der Waals surface area contributed by atoms with Crippen molar-refractivity contribution < 1.29 is 4.79 Å². The smallest absolute Gasteiger partial charge is 0.240 e. The number of carbonyl (C=O) groups excluding carboxylic acids is 1. The van der Waals surface area contributed by atoms with E-state index in [1.165, 1.54) is 0 Å². The number of rotatable bonds is 3. The van der Waals surface area contributed by atoms with Gasteiger partial charge in [0.2, 0.25) is 5.91 Å². The Kier molecular flexibility index (Phi) is 4.83. The molecule has 0 radical (unpaired) electrons. The van der Waals surface area contributed by atoms with Gasteiger partial charge < -0.3 is 0 Å². The fraction of sp³-hybridized carbons (Fsp3) is 0.148. The Morgan fingerprint density at radius 3 is 2.23 bits per heavy atom. The maximum Gasteiger partial charge on any atom is 0.240 e. The number of fused-ring (bicyclic) bond motifs is 1. The van der Waals surface area contributed by atoms with E-state index in [1.807, 2.05) is 49.4 Å². The molecule has 0 N–H and O–H groups in total. The van der Waals surface area contributed by atoms with Crippen LogP contribution in [-0.2, 0) is 4.79 Å². The lowest BCUT2D eigenvalue weighted by molar-refractivity contribution is -0.130. The third-order valence-corrected chi connectivity index (χ3v) is 5.84. The van der Waals surface area contributed by atoms with Crippen LogP contribution in [0.2, 0.25) is 0 Å². The summed E-state index contributed by atoms with van der Waals surface area (Å²) >= 11 is 0. The first kappa shape index (κ1) is 19.2. The summed E-state index contributed by atoms with van der Waals surface area (Å²) in [5.74, 6) is -0.0588. The predicted molar refractivity (Wildman–Crippen MR) is 125 cm³/mol. The molecule has 4 aromatic rings. The summed E-state index contributed by atoms with van der Waals surface area (Å²) in [6.07, 6.45) is 0.657. The second-order valence-electron chi connectivity index (χ2n) is 7.87. The van der Waals surface area contributed by atoms with Gasteiger partial charge in [0, 0.05) is 35.6 Å². The Bertz CT molecular complexity index is 1300. The first-order chi connectivity index (χ1) is 15.1. The van der Waals surface area contributed by atoms with E-state index in [-0.39, 0.29) is 11.9 Å². The standard InChI is InChI=1S/C27H23N3O/c1-18-26(24-17-25(30(29-24)19(2)31)20-11-5-3-6-12-20)27(21-13-7-4-8-14-21)22-15-9-10-16-23(22)28-18/h3-16,25H,17H2,1-2H3/t25-/m1/s1. The van der Waals surface area contributed by atoms with E-state index in [1.54, 1.807) is 11.9 Å². The van der Waals surface area contributed by atoms with Crippen LogP contribution in [0.3, 0.4) is 0 Å². The van der Waals surface area contributed by atoms with Crippen LogP contribution < -0.4 is 0 Å². The number of hydrogen-bond donors (Lipinski definition) is 0. The van der Waals surface area contributed by atoms with Crippen LogP contribution >= 0.6 is 0 Å². The second-order valence-corrected chi connectivity index (χ2v) is 7.87. The molecule has 0 fully saturated rings. The number of pyridine rings is 1. The molecule has 0 unspecified atom stereocenters. The Labute approximate surface area is 181 Å². The SMILES string of the molecule is CC(=O)N1N=C(c2c(C)nc3ccccc3c2-c2ccccc2)C[C@@H]1c1ccccc1. The maximum absolute atomic E-state index is 12.5. The number of benzene rings is 3. The average Bonchev–Trinajstić information content (AvgIpc) is 3.25. The zero-order valence-corrected chi connectivity index (χ0v) is 17.6. The molecule has 31 heavy (non-hydrogen) atoms. The molecule has 0 saturated heterocycles. The van der Waals surface area contributed by atoms with Crippen molar-refractivity contribution in [3.05, 3.63) is 102 Å². The van der Waals surface area contributed by atoms with Crippen molar-refractivity contribution in [3.63, 3.8) is 0 Å². The highest BCUT2D eigenvalue weighted by molar-refractivity contribution is 6.13. The van der Waals surface area contributed by atoms with Crippen molar-refractivity contribution in [2.45, 2.75) is 26.3 Å². The number of carbonyl (C=O) groups is 1. The Morgan fingerprint density at radius 2 is 1.52 bits per heavy atom. The normalized spacial score (nSPS) is 15.9. The predicted octanol–water partition coefficient (Wildman–Crippen LogP) is 5.91. The van der Waals surface area contributed by atoms with Gasteiger partial charge in [0.25, 0.3) is 0 Å². The van der Waals surface area contributed by atoms with Gasteiger partial charge >= 0.3 is 0 Å². The summed E-state index contributed by atoms with van der Waals surface area (Å²) < 4.78 is 0. The van der Waals surface area contributed by atoms with E-state index in [4.69, 9.17) is 10.1 Å². The second kappa shape index (κ2) is 7.80. The van der Waals surface area contributed by atoms with Crippen LogP contribution in [0.4, 0.5) is 0 Å². The lowest BCUT2D eigenvalue weighted by Crippen LogP contribution is -2.24. The number of hydrazone groups is 1. The molecule has 0 spiro atoms. The van der Waals surface area contributed by atoms with E-state index in [9.17, 15) is 4.79 Å². The number of nitrogens with zero attached hydrogens (tertiary/aromatic N) is 3. The molecule has 5 rings (SSSR count). The van der Waals surface area contributed by atoms with E-state index in [2.05, 4.69) is 42.5 Å². The molecule has 4 heteroatoms. The van der Waals surface area contributed by atoms with Crippen LogP contribution in [0, 0.1) is 6.92 Å². The molecule has 4 nitrogen and oxygen atoms in total. The molecular formula is C27H23N3O. The Morgan fingerprint density at radius 1 is 0.871 bits per heavy atom. The minimum atomic E-state index is -0.108. The van der Waals surface area contributed by atoms with Gasteiger partial charge in [-0.25, -0.2) is 5.01 Å². The fourth-order valence-corrected chi connectivity index (χ4v) is 4.48. The highest BCUT2D eigenvalue weighted by Gasteiger charge is 2.33. The number of aromatic nitrogens is 1. The van der Waals surface area contributed by atoms with E-state index >= 15 is 0 Å². The van der Waals surface area contributed by atoms with Crippen LogP contribution in [0.15, 0.2) is 90.0 Å². The summed E-state index contributed by atoms with van der Waals surface area (Å²) in [5.41, 5.74) is 7.15. The first-order valence-corrected chi connectivity index (χ1v) is 10.5. The molecule has 1 aliphatic heterocycles. The van der Waals surface area contributed by atoms with Crippen molar-refractivity contribution in [1.29, 1.82) is 0 Å². The Hall–Kier alpha value is -3.79. The van der Waals surface area contributed by atoms with Gasteiger partial charge in [-0.15, -0.1) is 0 Å². The van der Waals surface area contributed by atoms with Crippen LogP contribution in [-0.4, -0.2) is 21.6 Å².